The second-order valence-corrected chi connectivity index (χ2v) is 5.40. The summed E-state index contributed by atoms with van der Waals surface area (Å²) in [5, 5.41) is 0. The van der Waals surface area contributed by atoms with Gasteiger partial charge < -0.3 is 5.73 Å². The quantitative estimate of drug-likeness (QED) is 0.764. The molecule has 0 saturated carbocycles. The number of benzene rings is 1. The Bertz CT molecular complexity index is 448. The van der Waals surface area contributed by atoms with Gasteiger partial charge in [-0.1, -0.05) is 22.0 Å². The van der Waals surface area contributed by atoms with Crippen LogP contribution in [0.25, 0.3) is 5.57 Å². The highest BCUT2D eigenvalue weighted by atomic mass is 79.9. The summed E-state index contributed by atoms with van der Waals surface area (Å²) in [6.07, 6.45) is 4.70. The molecule has 0 bridgehead atoms. The van der Waals surface area contributed by atoms with Gasteiger partial charge in [-0.05, 0) is 60.1 Å². The minimum absolute atomic E-state index is 0.305. The molecule has 1 aromatic carbocycles. The van der Waals surface area contributed by atoms with Crippen LogP contribution in [-0.2, 0) is 6.42 Å². The first-order valence-corrected chi connectivity index (χ1v) is 6.31. The molecule has 0 saturated heterocycles. The van der Waals surface area contributed by atoms with Crippen LogP contribution in [0.2, 0.25) is 0 Å². The molecule has 1 atom stereocenters. The number of hydrogen-bond acceptors (Lipinski definition) is 1. The van der Waals surface area contributed by atoms with E-state index < -0.39 is 0 Å². The van der Waals surface area contributed by atoms with Crippen molar-refractivity contribution in [1.29, 1.82) is 0 Å². The minimum atomic E-state index is 0.305. The Balaban J connectivity index is 2.10. The molecule has 1 nitrogen and oxygen atoms in total. The Kier molecular flexibility index (Phi) is 2.22. The van der Waals surface area contributed by atoms with E-state index in [2.05, 4.69) is 34.1 Å². The molecular formula is C13H14BrN. The lowest BCUT2D eigenvalue weighted by atomic mass is 9.88. The zero-order valence-corrected chi connectivity index (χ0v) is 10.2. The maximum atomic E-state index is 6.17. The highest BCUT2D eigenvalue weighted by Gasteiger charge is 2.27. The molecule has 2 N–H and O–H groups in total. The van der Waals surface area contributed by atoms with Gasteiger partial charge in [0.1, 0.15) is 0 Å². The van der Waals surface area contributed by atoms with Crippen molar-refractivity contribution in [3.05, 3.63) is 39.4 Å². The Morgan fingerprint density at radius 2 is 2.20 bits per heavy atom. The normalized spacial score (nSPS) is 24.0. The number of allylic oxidation sites excluding steroid dienone is 1. The largest absolute Gasteiger partial charge is 0.324 e. The van der Waals surface area contributed by atoms with E-state index in [1.165, 1.54) is 39.6 Å². The van der Waals surface area contributed by atoms with Crippen molar-refractivity contribution in [1.82, 2.24) is 0 Å². The second-order valence-electron chi connectivity index (χ2n) is 4.48. The standard InChI is InChI=1S/C13H14BrN/c14-9-4-5-10-8(6-9)7-12-11(10)2-1-3-13(12)15/h4-6,13H,1-3,7,15H2. The van der Waals surface area contributed by atoms with Crippen molar-refractivity contribution in [3.63, 3.8) is 0 Å². The summed E-state index contributed by atoms with van der Waals surface area (Å²) in [5.41, 5.74) is 12.1. The van der Waals surface area contributed by atoms with Gasteiger partial charge in [0.15, 0.2) is 0 Å². The van der Waals surface area contributed by atoms with Crippen LogP contribution in [0.5, 0.6) is 0 Å². The first kappa shape index (κ1) is 9.61. The summed E-state index contributed by atoms with van der Waals surface area (Å²) in [6.45, 7) is 0. The van der Waals surface area contributed by atoms with E-state index in [9.17, 15) is 0 Å². The van der Waals surface area contributed by atoms with Crippen LogP contribution in [-0.4, -0.2) is 6.04 Å². The molecule has 0 aliphatic heterocycles. The second kappa shape index (κ2) is 3.46. The molecule has 0 spiro atoms. The van der Waals surface area contributed by atoms with Crippen LogP contribution in [0, 0.1) is 0 Å². The zero-order chi connectivity index (χ0) is 10.4. The number of hydrogen-bond donors (Lipinski definition) is 1. The summed E-state index contributed by atoms with van der Waals surface area (Å²) in [4.78, 5) is 0. The fraction of sp³-hybridized carbons (Fsp3) is 0.385. The molecule has 0 fully saturated rings. The third kappa shape index (κ3) is 1.47. The van der Waals surface area contributed by atoms with E-state index in [0.29, 0.717) is 6.04 Å². The number of halogens is 1. The van der Waals surface area contributed by atoms with Gasteiger partial charge in [-0.15, -0.1) is 0 Å². The summed E-state index contributed by atoms with van der Waals surface area (Å²) in [7, 11) is 0. The van der Waals surface area contributed by atoms with E-state index in [4.69, 9.17) is 5.73 Å². The van der Waals surface area contributed by atoms with Crippen molar-refractivity contribution < 1.29 is 0 Å². The van der Waals surface area contributed by atoms with Gasteiger partial charge >= 0.3 is 0 Å². The predicted molar refractivity (Wildman–Crippen MR) is 66.6 cm³/mol. The van der Waals surface area contributed by atoms with Crippen molar-refractivity contribution in [2.45, 2.75) is 31.7 Å². The molecule has 3 rings (SSSR count). The van der Waals surface area contributed by atoms with Crippen molar-refractivity contribution in [2.75, 3.05) is 0 Å². The maximum Gasteiger partial charge on any atom is 0.0263 e. The Morgan fingerprint density at radius 1 is 1.33 bits per heavy atom. The fourth-order valence-electron chi connectivity index (χ4n) is 2.81. The first-order valence-electron chi connectivity index (χ1n) is 5.52. The van der Waals surface area contributed by atoms with E-state index in [1.54, 1.807) is 0 Å². The van der Waals surface area contributed by atoms with Crippen molar-refractivity contribution in [3.8, 4) is 0 Å². The molecule has 0 amide bonds. The Morgan fingerprint density at radius 3 is 3.07 bits per heavy atom. The SMILES string of the molecule is NC1CCCC2=C1Cc1cc(Br)ccc12. The highest BCUT2D eigenvalue weighted by molar-refractivity contribution is 9.10. The van der Waals surface area contributed by atoms with E-state index in [1.807, 2.05) is 0 Å². The van der Waals surface area contributed by atoms with Crippen LogP contribution in [0.1, 0.15) is 30.4 Å². The Labute approximate surface area is 98.5 Å². The number of rotatable bonds is 0. The van der Waals surface area contributed by atoms with Crippen LogP contribution in [0.4, 0.5) is 0 Å². The van der Waals surface area contributed by atoms with Gasteiger partial charge in [0.25, 0.3) is 0 Å². The topological polar surface area (TPSA) is 26.0 Å². The molecule has 0 aromatic heterocycles. The molecule has 0 radical (unpaired) electrons. The minimum Gasteiger partial charge on any atom is -0.324 e. The zero-order valence-electron chi connectivity index (χ0n) is 8.59. The van der Waals surface area contributed by atoms with Gasteiger partial charge in [0.2, 0.25) is 0 Å². The molecular weight excluding hydrogens is 250 g/mol. The van der Waals surface area contributed by atoms with E-state index >= 15 is 0 Å². The molecule has 2 heteroatoms. The molecule has 1 unspecified atom stereocenters. The summed E-state index contributed by atoms with van der Waals surface area (Å²) in [5.74, 6) is 0. The van der Waals surface area contributed by atoms with Gasteiger partial charge in [0, 0.05) is 10.5 Å². The van der Waals surface area contributed by atoms with E-state index in [0.717, 1.165) is 12.8 Å². The van der Waals surface area contributed by atoms with Gasteiger partial charge in [0.05, 0.1) is 0 Å². The average molecular weight is 264 g/mol. The summed E-state index contributed by atoms with van der Waals surface area (Å²) < 4.78 is 1.18. The highest BCUT2D eigenvalue weighted by Crippen LogP contribution is 2.41. The molecule has 0 heterocycles. The summed E-state index contributed by atoms with van der Waals surface area (Å²) in [6, 6.07) is 6.91. The predicted octanol–water partition coefficient (Wildman–Crippen LogP) is 3.27. The molecule has 1 aromatic rings. The smallest absolute Gasteiger partial charge is 0.0263 e. The summed E-state index contributed by atoms with van der Waals surface area (Å²) >= 11 is 3.53. The first-order chi connectivity index (χ1) is 7.25. The van der Waals surface area contributed by atoms with Crippen LogP contribution in [0.15, 0.2) is 28.2 Å². The fourth-order valence-corrected chi connectivity index (χ4v) is 3.22. The van der Waals surface area contributed by atoms with Gasteiger partial charge in [-0.2, -0.15) is 0 Å². The van der Waals surface area contributed by atoms with E-state index in [-0.39, 0.29) is 0 Å². The van der Waals surface area contributed by atoms with Gasteiger partial charge in [-0.25, -0.2) is 0 Å². The van der Waals surface area contributed by atoms with Gasteiger partial charge in [-0.3, -0.25) is 0 Å². The lowest BCUT2D eigenvalue weighted by molar-refractivity contribution is 0.620. The van der Waals surface area contributed by atoms with Crippen LogP contribution in [0.3, 0.4) is 0 Å². The average Bonchev–Trinajstić information content (AvgIpc) is 2.57. The molecule has 2 aliphatic rings. The van der Waals surface area contributed by atoms with Crippen molar-refractivity contribution >= 4 is 21.5 Å². The Hall–Kier alpha value is -0.600. The van der Waals surface area contributed by atoms with Crippen molar-refractivity contribution in [2.24, 2.45) is 5.73 Å². The number of fused-ring (bicyclic) bond motifs is 2. The molecule has 15 heavy (non-hydrogen) atoms. The molecule has 2 aliphatic carbocycles. The maximum absolute atomic E-state index is 6.17. The molecule has 78 valence electrons. The third-order valence-electron chi connectivity index (χ3n) is 3.55. The lowest BCUT2D eigenvalue weighted by Gasteiger charge is -2.21. The lowest BCUT2D eigenvalue weighted by Crippen LogP contribution is -2.25. The number of nitrogens with two attached hydrogens (primary N) is 1. The van der Waals surface area contributed by atoms with Crippen LogP contribution >= 0.6 is 15.9 Å². The monoisotopic (exact) mass is 263 g/mol. The third-order valence-corrected chi connectivity index (χ3v) is 4.04. The van der Waals surface area contributed by atoms with Crippen LogP contribution < -0.4 is 5.73 Å².